The average Bonchev–Trinajstić information content (AvgIpc) is 3.07. The molecule has 0 amide bonds. The van der Waals surface area contributed by atoms with Crippen LogP contribution >= 0.6 is 0 Å². The molecule has 1 saturated carbocycles. The Balaban J connectivity index is 2.01. The van der Waals surface area contributed by atoms with Crippen LogP contribution in [0.2, 0.25) is 0 Å². The standard InChI is InChI=1S/C11H11N7/c12-9-7-8(6-2-3-6)17-18(10(7)16-15-9)11-13-4-1-5-14-11/h1,4-6H,2-3H2,(H3,12,15,16). The molecule has 3 N–H and O–H groups in total. The summed E-state index contributed by atoms with van der Waals surface area (Å²) < 4.78 is 1.65. The molecule has 0 saturated heterocycles. The topological polar surface area (TPSA) is 98.3 Å². The number of nitrogens with two attached hydrogens (primary N) is 1. The van der Waals surface area contributed by atoms with Crippen LogP contribution in [0.25, 0.3) is 17.0 Å². The van der Waals surface area contributed by atoms with Crippen molar-refractivity contribution in [1.29, 1.82) is 0 Å². The minimum absolute atomic E-state index is 0.498. The van der Waals surface area contributed by atoms with Crippen molar-refractivity contribution in [3.8, 4) is 5.95 Å². The van der Waals surface area contributed by atoms with Gasteiger partial charge in [0.1, 0.15) is 5.82 Å². The van der Waals surface area contributed by atoms with Crippen molar-refractivity contribution in [3.63, 3.8) is 0 Å². The van der Waals surface area contributed by atoms with Crippen LogP contribution in [0, 0.1) is 0 Å². The highest BCUT2D eigenvalue weighted by Gasteiger charge is 2.31. The number of hydrogen-bond donors (Lipinski definition) is 2. The second kappa shape index (κ2) is 3.28. The molecule has 0 radical (unpaired) electrons. The summed E-state index contributed by atoms with van der Waals surface area (Å²) in [7, 11) is 0. The van der Waals surface area contributed by atoms with E-state index in [2.05, 4.69) is 25.3 Å². The molecule has 1 fully saturated rings. The van der Waals surface area contributed by atoms with Crippen molar-refractivity contribution in [3.05, 3.63) is 24.2 Å². The number of aromatic nitrogens is 6. The maximum absolute atomic E-state index is 5.92. The summed E-state index contributed by atoms with van der Waals surface area (Å²) in [6.45, 7) is 0. The van der Waals surface area contributed by atoms with Crippen LogP contribution in [-0.2, 0) is 0 Å². The van der Waals surface area contributed by atoms with Crippen LogP contribution in [-0.4, -0.2) is 29.9 Å². The summed E-state index contributed by atoms with van der Waals surface area (Å²) in [5.41, 5.74) is 7.62. The molecule has 0 atom stereocenters. The first kappa shape index (κ1) is 9.58. The summed E-state index contributed by atoms with van der Waals surface area (Å²) in [5.74, 6) is 1.58. The number of nitrogen functional groups attached to an aromatic ring is 1. The zero-order valence-electron chi connectivity index (χ0n) is 9.54. The maximum atomic E-state index is 5.92. The summed E-state index contributed by atoms with van der Waals surface area (Å²) >= 11 is 0. The molecule has 1 aliphatic rings. The number of nitrogens with zero attached hydrogens (tertiary/aromatic N) is 5. The van der Waals surface area contributed by atoms with Crippen molar-refractivity contribution >= 4 is 16.9 Å². The van der Waals surface area contributed by atoms with Crippen molar-refractivity contribution in [2.75, 3.05) is 5.73 Å². The lowest BCUT2D eigenvalue weighted by atomic mass is 10.2. The van der Waals surface area contributed by atoms with E-state index in [1.807, 2.05) is 0 Å². The highest BCUT2D eigenvalue weighted by molar-refractivity contribution is 5.90. The highest BCUT2D eigenvalue weighted by atomic mass is 15.4. The maximum Gasteiger partial charge on any atom is 0.252 e. The predicted octanol–water partition coefficient (Wildman–Crippen LogP) is 0.998. The fourth-order valence-electron chi connectivity index (χ4n) is 2.14. The van der Waals surface area contributed by atoms with Gasteiger partial charge in [0.2, 0.25) is 0 Å². The molecule has 1 aliphatic carbocycles. The fourth-order valence-corrected chi connectivity index (χ4v) is 2.14. The Hall–Kier alpha value is -2.44. The van der Waals surface area contributed by atoms with E-state index in [0.29, 0.717) is 23.3 Å². The van der Waals surface area contributed by atoms with Crippen molar-refractivity contribution < 1.29 is 0 Å². The van der Waals surface area contributed by atoms with E-state index < -0.39 is 0 Å². The summed E-state index contributed by atoms with van der Waals surface area (Å²) in [5, 5.41) is 12.5. The largest absolute Gasteiger partial charge is 0.383 e. The molecule has 3 aromatic rings. The number of nitrogens with one attached hydrogen (secondary N) is 1. The third kappa shape index (κ3) is 1.24. The molecule has 7 nitrogen and oxygen atoms in total. The Morgan fingerprint density at radius 3 is 2.78 bits per heavy atom. The lowest BCUT2D eigenvalue weighted by molar-refractivity contribution is 0.788. The summed E-state index contributed by atoms with van der Waals surface area (Å²) in [6, 6.07) is 1.77. The third-order valence-corrected chi connectivity index (χ3v) is 3.15. The first-order valence-electron chi connectivity index (χ1n) is 5.84. The van der Waals surface area contributed by atoms with Gasteiger partial charge in [-0.3, -0.25) is 5.10 Å². The van der Waals surface area contributed by atoms with Gasteiger partial charge >= 0.3 is 0 Å². The van der Waals surface area contributed by atoms with Crippen LogP contribution in [0.4, 0.5) is 5.82 Å². The van der Waals surface area contributed by atoms with Crippen LogP contribution in [0.1, 0.15) is 24.5 Å². The SMILES string of the molecule is Nc1[nH]nc2c1c(C1CC1)nn2-c1ncccn1. The first-order valence-corrected chi connectivity index (χ1v) is 5.84. The Morgan fingerprint density at radius 1 is 1.28 bits per heavy atom. The summed E-state index contributed by atoms with van der Waals surface area (Å²) in [4.78, 5) is 8.39. The van der Waals surface area contributed by atoms with Crippen molar-refractivity contribution in [2.24, 2.45) is 0 Å². The lowest BCUT2D eigenvalue weighted by Crippen LogP contribution is -2.03. The molecule has 18 heavy (non-hydrogen) atoms. The molecule has 3 heterocycles. The predicted molar refractivity (Wildman–Crippen MR) is 65.2 cm³/mol. The second-order valence-electron chi connectivity index (χ2n) is 4.46. The average molecular weight is 241 g/mol. The van der Waals surface area contributed by atoms with Gasteiger partial charge in [-0.25, -0.2) is 9.97 Å². The Morgan fingerprint density at radius 2 is 2.06 bits per heavy atom. The molecule has 0 aliphatic heterocycles. The van der Waals surface area contributed by atoms with E-state index >= 15 is 0 Å². The van der Waals surface area contributed by atoms with E-state index in [1.165, 1.54) is 0 Å². The monoisotopic (exact) mass is 241 g/mol. The second-order valence-corrected chi connectivity index (χ2v) is 4.46. The van der Waals surface area contributed by atoms with Crippen LogP contribution in [0.3, 0.4) is 0 Å². The normalized spacial score (nSPS) is 15.3. The number of aromatic amines is 1. The van der Waals surface area contributed by atoms with Crippen LogP contribution in [0.15, 0.2) is 18.5 Å². The summed E-state index contributed by atoms with van der Waals surface area (Å²) in [6.07, 6.45) is 5.68. The van der Waals surface area contributed by atoms with Gasteiger partial charge in [0.15, 0.2) is 5.65 Å². The van der Waals surface area contributed by atoms with Crippen molar-refractivity contribution in [2.45, 2.75) is 18.8 Å². The van der Waals surface area contributed by atoms with Gasteiger partial charge in [-0.1, -0.05) is 0 Å². The zero-order chi connectivity index (χ0) is 12.1. The van der Waals surface area contributed by atoms with E-state index in [1.54, 1.807) is 23.1 Å². The van der Waals surface area contributed by atoms with Gasteiger partial charge in [0.25, 0.3) is 5.95 Å². The van der Waals surface area contributed by atoms with Gasteiger partial charge in [-0.2, -0.15) is 14.9 Å². The van der Waals surface area contributed by atoms with Crippen LogP contribution < -0.4 is 5.73 Å². The number of hydrogen-bond acceptors (Lipinski definition) is 5. The van der Waals surface area contributed by atoms with E-state index in [9.17, 15) is 0 Å². The molecular formula is C11H11N7. The molecule has 90 valence electrons. The molecule has 4 rings (SSSR count). The Bertz CT molecular complexity index is 708. The van der Waals surface area contributed by atoms with Gasteiger partial charge in [-0.05, 0) is 18.9 Å². The van der Waals surface area contributed by atoms with Gasteiger partial charge < -0.3 is 5.73 Å². The van der Waals surface area contributed by atoms with Gasteiger partial charge in [0, 0.05) is 18.3 Å². The van der Waals surface area contributed by atoms with E-state index in [-0.39, 0.29) is 0 Å². The van der Waals surface area contributed by atoms with E-state index in [4.69, 9.17) is 5.73 Å². The fraction of sp³-hybridized carbons (Fsp3) is 0.273. The molecular weight excluding hydrogens is 230 g/mol. The number of H-pyrrole nitrogens is 1. The molecule has 0 bridgehead atoms. The quantitative estimate of drug-likeness (QED) is 0.697. The Kier molecular flexibility index (Phi) is 1.75. The molecule has 0 spiro atoms. The minimum atomic E-state index is 0.498. The molecule has 0 unspecified atom stereocenters. The smallest absolute Gasteiger partial charge is 0.252 e. The van der Waals surface area contributed by atoms with Crippen LogP contribution in [0.5, 0.6) is 0 Å². The number of fused-ring (bicyclic) bond motifs is 1. The first-order chi connectivity index (χ1) is 8.84. The Labute approximate surface area is 102 Å². The lowest BCUT2D eigenvalue weighted by Gasteiger charge is -1.97. The molecule has 7 heteroatoms. The zero-order valence-corrected chi connectivity index (χ0v) is 9.54. The van der Waals surface area contributed by atoms with Gasteiger partial charge in [-0.15, -0.1) is 0 Å². The third-order valence-electron chi connectivity index (χ3n) is 3.15. The molecule has 3 aromatic heterocycles. The number of rotatable bonds is 2. The highest BCUT2D eigenvalue weighted by Crippen LogP contribution is 2.43. The van der Waals surface area contributed by atoms with E-state index in [0.717, 1.165) is 23.9 Å². The van der Waals surface area contributed by atoms with Crippen molar-refractivity contribution in [1.82, 2.24) is 29.9 Å². The minimum Gasteiger partial charge on any atom is -0.383 e. The molecule has 0 aromatic carbocycles. The number of anilines is 1. The van der Waals surface area contributed by atoms with Gasteiger partial charge in [0.05, 0.1) is 11.1 Å².